The fraction of sp³-hybridized carbons (Fsp3) is 0.222. The maximum Gasteiger partial charge on any atom is 0.339 e. The van der Waals surface area contributed by atoms with E-state index < -0.39 is 5.97 Å². The van der Waals surface area contributed by atoms with Crippen LogP contribution in [0.1, 0.15) is 15.9 Å². The van der Waals surface area contributed by atoms with Crippen LogP contribution in [0.25, 0.3) is 0 Å². The lowest BCUT2D eigenvalue weighted by Crippen LogP contribution is -2.13. The molecule has 66 valence electrons. The standard InChI is InChI=1S/C9H10BNO2/c1-5-3-6(10)4-7(8(5)11)9(12)13-2/h3-4H,11H2,1-2H3. The molecule has 3 nitrogen and oxygen atoms in total. The van der Waals surface area contributed by atoms with Gasteiger partial charge >= 0.3 is 5.97 Å². The van der Waals surface area contributed by atoms with Gasteiger partial charge in [0.05, 0.1) is 12.7 Å². The van der Waals surface area contributed by atoms with Gasteiger partial charge in [-0.1, -0.05) is 17.6 Å². The van der Waals surface area contributed by atoms with Crippen molar-refractivity contribution >= 4 is 25.0 Å². The average Bonchev–Trinajstić information content (AvgIpc) is 2.10. The van der Waals surface area contributed by atoms with E-state index in [1.165, 1.54) is 13.2 Å². The van der Waals surface area contributed by atoms with E-state index >= 15 is 0 Å². The molecule has 0 aromatic heterocycles. The second kappa shape index (κ2) is 3.52. The molecule has 1 aromatic carbocycles. The molecule has 0 bridgehead atoms. The number of hydrogen-bond donors (Lipinski definition) is 1. The summed E-state index contributed by atoms with van der Waals surface area (Å²) in [5, 5.41) is 0. The highest BCUT2D eigenvalue weighted by atomic mass is 16.5. The Hall–Kier alpha value is -1.45. The van der Waals surface area contributed by atoms with Crippen LogP contribution in [0.2, 0.25) is 0 Å². The maximum atomic E-state index is 11.2. The molecule has 1 aromatic rings. The fourth-order valence-electron chi connectivity index (χ4n) is 1.11. The van der Waals surface area contributed by atoms with Gasteiger partial charge in [-0.05, 0) is 12.5 Å². The van der Waals surface area contributed by atoms with Crippen LogP contribution < -0.4 is 11.2 Å². The number of methoxy groups -OCH3 is 1. The van der Waals surface area contributed by atoms with Crippen LogP contribution in [0, 0.1) is 6.92 Å². The summed E-state index contributed by atoms with van der Waals surface area (Å²) in [7, 11) is 6.86. The number of nitrogen functional groups attached to an aromatic ring is 1. The smallest absolute Gasteiger partial charge is 0.339 e. The minimum absolute atomic E-state index is 0.319. The second-order valence-electron chi connectivity index (χ2n) is 2.79. The van der Waals surface area contributed by atoms with Crippen LogP contribution in [0.4, 0.5) is 5.69 Å². The predicted molar refractivity (Wildman–Crippen MR) is 52.3 cm³/mol. The largest absolute Gasteiger partial charge is 0.465 e. The fourth-order valence-corrected chi connectivity index (χ4v) is 1.11. The molecule has 1 rings (SSSR count). The van der Waals surface area contributed by atoms with E-state index in [0.29, 0.717) is 16.7 Å². The van der Waals surface area contributed by atoms with Crippen LogP contribution in [0.3, 0.4) is 0 Å². The topological polar surface area (TPSA) is 52.3 Å². The molecule has 0 heterocycles. The number of nitrogens with two attached hydrogens (primary N) is 1. The third-order valence-corrected chi connectivity index (χ3v) is 1.81. The summed E-state index contributed by atoms with van der Waals surface area (Å²) < 4.78 is 4.55. The van der Waals surface area contributed by atoms with Gasteiger partial charge in [-0.15, -0.1) is 0 Å². The van der Waals surface area contributed by atoms with Crippen molar-refractivity contribution in [2.75, 3.05) is 12.8 Å². The van der Waals surface area contributed by atoms with E-state index in [0.717, 1.165) is 5.56 Å². The molecule has 0 saturated heterocycles. The molecule has 4 heteroatoms. The zero-order valence-corrected chi connectivity index (χ0v) is 7.63. The molecule has 0 aliphatic rings. The van der Waals surface area contributed by atoms with E-state index in [1.807, 2.05) is 0 Å². The Morgan fingerprint density at radius 2 is 2.15 bits per heavy atom. The van der Waals surface area contributed by atoms with Crippen molar-refractivity contribution in [3.63, 3.8) is 0 Å². The lowest BCUT2D eigenvalue weighted by molar-refractivity contribution is 0.0602. The highest BCUT2D eigenvalue weighted by Crippen LogP contribution is 2.15. The summed E-state index contributed by atoms with van der Waals surface area (Å²) in [5.41, 5.74) is 7.69. The number of carbonyl (C=O) groups excluding carboxylic acids is 1. The summed E-state index contributed by atoms with van der Waals surface area (Å²) in [6, 6.07) is 3.22. The normalized spacial score (nSPS) is 9.69. The molecule has 0 aliphatic carbocycles. The Morgan fingerprint density at radius 1 is 1.54 bits per heavy atom. The van der Waals surface area contributed by atoms with Crippen molar-refractivity contribution in [3.8, 4) is 0 Å². The first kappa shape index (κ1) is 9.64. The van der Waals surface area contributed by atoms with Gasteiger partial charge in [0.1, 0.15) is 7.85 Å². The third-order valence-electron chi connectivity index (χ3n) is 1.81. The summed E-state index contributed by atoms with van der Waals surface area (Å²) in [5.74, 6) is -0.465. The Labute approximate surface area is 78.3 Å². The first-order chi connectivity index (χ1) is 6.06. The Morgan fingerprint density at radius 3 is 2.69 bits per heavy atom. The number of esters is 1. The summed E-state index contributed by atoms with van der Waals surface area (Å²) in [6.07, 6.45) is 0. The first-order valence-electron chi connectivity index (χ1n) is 3.80. The zero-order chi connectivity index (χ0) is 10.0. The molecule has 0 unspecified atom stereocenters. The quantitative estimate of drug-likeness (QED) is 0.375. The van der Waals surface area contributed by atoms with E-state index in [2.05, 4.69) is 4.74 Å². The van der Waals surface area contributed by atoms with Crippen molar-refractivity contribution in [1.82, 2.24) is 0 Å². The monoisotopic (exact) mass is 175 g/mol. The number of benzene rings is 1. The molecule has 0 spiro atoms. The molecule has 0 amide bonds. The number of carbonyl (C=O) groups is 1. The highest BCUT2D eigenvalue weighted by molar-refractivity contribution is 6.33. The number of anilines is 1. The summed E-state index contributed by atoms with van der Waals surface area (Å²) in [6.45, 7) is 1.79. The van der Waals surface area contributed by atoms with Crippen molar-refractivity contribution in [3.05, 3.63) is 23.3 Å². The lowest BCUT2D eigenvalue weighted by atomic mass is 9.91. The van der Waals surface area contributed by atoms with E-state index in [9.17, 15) is 4.79 Å². The minimum Gasteiger partial charge on any atom is -0.465 e. The number of aryl methyl sites for hydroxylation is 1. The lowest BCUT2D eigenvalue weighted by Gasteiger charge is -2.07. The van der Waals surface area contributed by atoms with Crippen molar-refractivity contribution in [2.24, 2.45) is 0 Å². The second-order valence-corrected chi connectivity index (χ2v) is 2.79. The molecule has 13 heavy (non-hydrogen) atoms. The van der Waals surface area contributed by atoms with Crippen LogP contribution in [-0.4, -0.2) is 20.9 Å². The summed E-state index contributed by atoms with van der Waals surface area (Å²) >= 11 is 0. The maximum absolute atomic E-state index is 11.2. The molecular weight excluding hydrogens is 165 g/mol. The molecular formula is C9H10BNO2. The first-order valence-corrected chi connectivity index (χ1v) is 3.80. The van der Waals surface area contributed by atoms with Crippen LogP contribution >= 0.6 is 0 Å². The van der Waals surface area contributed by atoms with Crippen molar-refractivity contribution in [1.29, 1.82) is 0 Å². The van der Waals surface area contributed by atoms with Gasteiger partial charge in [0.25, 0.3) is 0 Å². The summed E-state index contributed by atoms with van der Waals surface area (Å²) in [4.78, 5) is 11.2. The molecule has 0 atom stereocenters. The molecule has 0 fully saturated rings. The zero-order valence-electron chi connectivity index (χ0n) is 7.63. The highest BCUT2D eigenvalue weighted by Gasteiger charge is 2.11. The van der Waals surface area contributed by atoms with Crippen LogP contribution in [0.5, 0.6) is 0 Å². The Balaban J connectivity index is 3.28. The molecule has 0 aliphatic heterocycles. The number of rotatable bonds is 1. The van der Waals surface area contributed by atoms with Crippen molar-refractivity contribution < 1.29 is 9.53 Å². The molecule has 2 N–H and O–H groups in total. The molecule has 2 radical (unpaired) electrons. The van der Waals surface area contributed by atoms with Gasteiger partial charge in [0.15, 0.2) is 0 Å². The average molecular weight is 175 g/mol. The third kappa shape index (κ3) is 1.83. The van der Waals surface area contributed by atoms with Crippen molar-refractivity contribution in [2.45, 2.75) is 6.92 Å². The van der Waals surface area contributed by atoms with Crippen LogP contribution in [0.15, 0.2) is 12.1 Å². The van der Waals surface area contributed by atoms with Gasteiger partial charge in [0, 0.05) is 5.69 Å². The Bertz CT molecular complexity index is 350. The molecule has 0 saturated carbocycles. The van der Waals surface area contributed by atoms with Gasteiger partial charge in [-0.2, -0.15) is 0 Å². The number of hydrogen-bond acceptors (Lipinski definition) is 3. The van der Waals surface area contributed by atoms with E-state index in [1.54, 1.807) is 13.0 Å². The van der Waals surface area contributed by atoms with Gasteiger partial charge in [-0.25, -0.2) is 4.79 Å². The minimum atomic E-state index is -0.465. The Kier molecular flexibility index (Phi) is 2.61. The van der Waals surface area contributed by atoms with Gasteiger partial charge in [0.2, 0.25) is 0 Å². The predicted octanol–water partition coefficient (Wildman–Crippen LogP) is 0.158. The SMILES string of the molecule is [B]c1cc(C)c(N)c(C(=O)OC)c1. The van der Waals surface area contributed by atoms with Gasteiger partial charge in [-0.3, -0.25) is 0 Å². The van der Waals surface area contributed by atoms with Gasteiger partial charge < -0.3 is 10.5 Å². The van der Waals surface area contributed by atoms with E-state index in [-0.39, 0.29) is 0 Å². The van der Waals surface area contributed by atoms with E-state index in [4.69, 9.17) is 13.6 Å². The number of ether oxygens (including phenoxy) is 1. The van der Waals surface area contributed by atoms with Crippen LogP contribution in [-0.2, 0) is 4.74 Å².